The number of thioether (sulfide) groups is 1. The number of nitrogens with zero attached hydrogens (tertiary/aromatic N) is 5. The molecule has 0 radical (unpaired) electrons. The minimum atomic E-state index is -0.121. The van der Waals surface area contributed by atoms with Crippen LogP contribution in [0.5, 0.6) is 0 Å². The number of carbonyl (C=O) groups excluding carboxylic acids is 1. The maximum atomic E-state index is 12.2. The van der Waals surface area contributed by atoms with Gasteiger partial charge in [0.25, 0.3) is 0 Å². The maximum absolute atomic E-state index is 12.2. The first-order chi connectivity index (χ1) is 13.2. The van der Waals surface area contributed by atoms with Gasteiger partial charge in [0.2, 0.25) is 5.91 Å². The zero-order valence-electron chi connectivity index (χ0n) is 14.8. The first kappa shape index (κ1) is 18.6. The molecule has 0 aliphatic carbocycles. The summed E-state index contributed by atoms with van der Waals surface area (Å²) in [5.74, 6) is 0.870. The van der Waals surface area contributed by atoms with Gasteiger partial charge in [-0.3, -0.25) is 9.78 Å². The van der Waals surface area contributed by atoms with Crippen molar-refractivity contribution in [2.45, 2.75) is 25.0 Å². The number of benzene rings is 1. The SMILES string of the molecule is CCn1c(SCC(=O)Nc2ccc(CC#N)cc2)nnc1-c1ccncc1. The van der Waals surface area contributed by atoms with Crippen molar-refractivity contribution >= 4 is 23.4 Å². The number of nitrogens with one attached hydrogen (secondary N) is 1. The van der Waals surface area contributed by atoms with E-state index in [4.69, 9.17) is 5.26 Å². The molecule has 1 N–H and O–H groups in total. The topological polar surface area (TPSA) is 96.5 Å². The summed E-state index contributed by atoms with van der Waals surface area (Å²) in [6, 6.07) is 13.1. The normalized spacial score (nSPS) is 10.4. The number of carbonyl (C=O) groups is 1. The molecule has 3 aromatic rings. The van der Waals surface area contributed by atoms with Gasteiger partial charge in [-0.05, 0) is 36.8 Å². The molecule has 0 spiro atoms. The number of pyridine rings is 1. The molecule has 0 fully saturated rings. The maximum Gasteiger partial charge on any atom is 0.234 e. The van der Waals surface area contributed by atoms with Crippen molar-refractivity contribution < 1.29 is 4.79 Å². The molecular weight excluding hydrogens is 360 g/mol. The summed E-state index contributed by atoms with van der Waals surface area (Å²) in [6.07, 6.45) is 3.79. The van der Waals surface area contributed by atoms with Gasteiger partial charge in [-0.25, -0.2) is 0 Å². The molecule has 3 rings (SSSR count). The third kappa shape index (κ3) is 4.71. The van der Waals surface area contributed by atoms with Gasteiger partial charge in [0.1, 0.15) is 0 Å². The van der Waals surface area contributed by atoms with Crippen LogP contribution in [0.15, 0.2) is 53.9 Å². The summed E-state index contributed by atoms with van der Waals surface area (Å²) < 4.78 is 1.98. The highest BCUT2D eigenvalue weighted by atomic mass is 32.2. The highest BCUT2D eigenvalue weighted by molar-refractivity contribution is 7.99. The van der Waals surface area contributed by atoms with Crippen LogP contribution in [0.4, 0.5) is 5.69 Å². The van der Waals surface area contributed by atoms with Gasteiger partial charge in [-0.15, -0.1) is 10.2 Å². The minimum absolute atomic E-state index is 0.121. The van der Waals surface area contributed by atoms with E-state index in [0.29, 0.717) is 23.8 Å². The Balaban J connectivity index is 1.62. The Labute approximate surface area is 161 Å². The molecule has 7 nitrogen and oxygen atoms in total. The molecule has 0 atom stereocenters. The van der Waals surface area contributed by atoms with Crippen molar-refractivity contribution in [2.75, 3.05) is 11.1 Å². The molecule has 0 unspecified atom stereocenters. The Kier molecular flexibility index (Phi) is 6.18. The van der Waals surface area contributed by atoms with Crippen LogP contribution in [0.25, 0.3) is 11.4 Å². The van der Waals surface area contributed by atoms with Crippen molar-refractivity contribution in [3.63, 3.8) is 0 Å². The summed E-state index contributed by atoms with van der Waals surface area (Å²) >= 11 is 1.34. The van der Waals surface area contributed by atoms with Crippen LogP contribution in [-0.4, -0.2) is 31.4 Å². The molecule has 1 aromatic carbocycles. The van der Waals surface area contributed by atoms with E-state index >= 15 is 0 Å². The van der Waals surface area contributed by atoms with Gasteiger partial charge >= 0.3 is 0 Å². The standard InChI is InChI=1S/C19H18N6OS/c1-2-25-18(15-8-11-21-12-9-15)23-24-19(25)27-13-17(26)22-16-5-3-14(4-6-16)7-10-20/h3-6,8-9,11-12H,2,7,13H2,1H3,(H,22,26). The summed E-state index contributed by atoms with van der Waals surface area (Å²) in [5, 5.41) is 20.7. The summed E-state index contributed by atoms with van der Waals surface area (Å²) in [5.41, 5.74) is 2.56. The van der Waals surface area contributed by atoms with E-state index < -0.39 is 0 Å². The fourth-order valence-electron chi connectivity index (χ4n) is 2.52. The molecule has 2 aromatic heterocycles. The van der Waals surface area contributed by atoms with Crippen LogP contribution in [0.1, 0.15) is 12.5 Å². The lowest BCUT2D eigenvalue weighted by molar-refractivity contribution is -0.113. The highest BCUT2D eigenvalue weighted by Crippen LogP contribution is 2.23. The molecule has 0 aliphatic rings. The Morgan fingerprint density at radius 2 is 1.93 bits per heavy atom. The van der Waals surface area contributed by atoms with Crippen LogP contribution in [0.3, 0.4) is 0 Å². The highest BCUT2D eigenvalue weighted by Gasteiger charge is 2.14. The number of amides is 1. The van der Waals surface area contributed by atoms with Crippen LogP contribution in [0.2, 0.25) is 0 Å². The Morgan fingerprint density at radius 1 is 1.19 bits per heavy atom. The largest absolute Gasteiger partial charge is 0.325 e. The lowest BCUT2D eigenvalue weighted by atomic mass is 10.1. The number of aromatic nitrogens is 4. The third-order valence-electron chi connectivity index (χ3n) is 3.82. The summed E-state index contributed by atoms with van der Waals surface area (Å²) in [4.78, 5) is 16.2. The number of hydrogen-bond acceptors (Lipinski definition) is 6. The van der Waals surface area contributed by atoms with Gasteiger partial charge in [0.05, 0.1) is 18.2 Å². The van der Waals surface area contributed by atoms with Gasteiger partial charge in [-0.2, -0.15) is 5.26 Å². The van der Waals surface area contributed by atoms with Crippen molar-refractivity contribution in [1.29, 1.82) is 5.26 Å². The number of hydrogen-bond donors (Lipinski definition) is 1. The fourth-order valence-corrected chi connectivity index (χ4v) is 3.32. The predicted molar refractivity (Wildman–Crippen MR) is 104 cm³/mol. The van der Waals surface area contributed by atoms with E-state index in [1.807, 2.05) is 35.8 Å². The lowest BCUT2D eigenvalue weighted by Crippen LogP contribution is -2.14. The molecule has 27 heavy (non-hydrogen) atoms. The molecule has 2 heterocycles. The molecule has 8 heteroatoms. The average Bonchev–Trinajstić information content (AvgIpc) is 3.12. The first-order valence-electron chi connectivity index (χ1n) is 8.43. The van der Waals surface area contributed by atoms with E-state index in [1.54, 1.807) is 24.5 Å². The second kappa shape index (κ2) is 8.96. The molecule has 0 saturated carbocycles. The molecule has 1 amide bonds. The predicted octanol–water partition coefficient (Wildman–Crippen LogP) is 3.16. The lowest BCUT2D eigenvalue weighted by Gasteiger charge is -2.08. The van der Waals surface area contributed by atoms with Crippen LogP contribution < -0.4 is 5.32 Å². The minimum Gasteiger partial charge on any atom is -0.325 e. The second-order valence-electron chi connectivity index (χ2n) is 5.65. The Morgan fingerprint density at radius 3 is 2.59 bits per heavy atom. The molecule has 0 aliphatic heterocycles. The molecular formula is C19H18N6OS. The van der Waals surface area contributed by atoms with E-state index in [1.165, 1.54) is 11.8 Å². The van der Waals surface area contributed by atoms with Crippen molar-refractivity contribution in [3.8, 4) is 17.5 Å². The first-order valence-corrected chi connectivity index (χ1v) is 9.42. The van der Waals surface area contributed by atoms with Crippen molar-refractivity contribution in [3.05, 3.63) is 54.4 Å². The molecule has 0 saturated heterocycles. The van der Waals surface area contributed by atoms with Gasteiger partial charge in [-0.1, -0.05) is 23.9 Å². The Hall–Kier alpha value is -3.18. The molecule has 0 bridgehead atoms. The van der Waals surface area contributed by atoms with E-state index in [2.05, 4.69) is 26.6 Å². The summed E-state index contributed by atoms with van der Waals surface area (Å²) in [6.45, 7) is 2.72. The zero-order chi connectivity index (χ0) is 19.1. The average molecular weight is 378 g/mol. The number of rotatable bonds is 7. The zero-order valence-corrected chi connectivity index (χ0v) is 15.6. The van der Waals surface area contributed by atoms with Crippen LogP contribution >= 0.6 is 11.8 Å². The Bertz CT molecular complexity index is 947. The third-order valence-corrected chi connectivity index (χ3v) is 4.79. The van der Waals surface area contributed by atoms with E-state index in [0.717, 1.165) is 17.0 Å². The number of nitriles is 1. The number of anilines is 1. The van der Waals surface area contributed by atoms with Gasteiger partial charge < -0.3 is 9.88 Å². The summed E-state index contributed by atoms with van der Waals surface area (Å²) in [7, 11) is 0. The van der Waals surface area contributed by atoms with E-state index in [9.17, 15) is 4.79 Å². The van der Waals surface area contributed by atoms with Crippen LogP contribution in [-0.2, 0) is 17.8 Å². The molecule has 136 valence electrons. The second-order valence-corrected chi connectivity index (χ2v) is 6.60. The smallest absolute Gasteiger partial charge is 0.234 e. The van der Waals surface area contributed by atoms with E-state index in [-0.39, 0.29) is 11.7 Å². The fraction of sp³-hybridized carbons (Fsp3) is 0.211. The van der Waals surface area contributed by atoms with Crippen molar-refractivity contribution in [2.24, 2.45) is 0 Å². The monoisotopic (exact) mass is 378 g/mol. The van der Waals surface area contributed by atoms with Gasteiger partial charge in [0, 0.05) is 30.2 Å². The van der Waals surface area contributed by atoms with Crippen LogP contribution in [0, 0.1) is 11.3 Å². The van der Waals surface area contributed by atoms with Gasteiger partial charge in [0.15, 0.2) is 11.0 Å². The van der Waals surface area contributed by atoms with Crippen molar-refractivity contribution in [1.82, 2.24) is 19.7 Å². The quantitative estimate of drug-likeness (QED) is 0.634.